The van der Waals surface area contributed by atoms with Gasteiger partial charge in [0, 0.05) is 0 Å². The molecule has 0 aliphatic carbocycles. The van der Waals surface area contributed by atoms with E-state index in [4.69, 9.17) is 28.5 Å². The van der Waals surface area contributed by atoms with Crippen molar-refractivity contribution in [3.8, 4) is 0 Å². The van der Waals surface area contributed by atoms with Crippen LogP contribution in [0.15, 0.2) is 0 Å². The van der Waals surface area contributed by atoms with Gasteiger partial charge in [0.05, 0.1) is 0 Å². The first kappa shape index (κ1) is 66.7. The van der Waals surface area contributed by atoms with Crippen molar-refractivity contribution in [2.45, 2.75) is 0 Å². The van der Waals surface area contributed by atoms with Crippen molar-refractivity contribution in [1.82, 2.24) is 36.9 Å². The Morgan fingerprint density at radius 1 is 0.471 bits per heavy atom. The fourth-order valence-electron chi connectivity index (χ4n) is 0. The molecule has 0 unspecified atom stereocenters. The van der Waals surface area contributed by atoms with E-state index < -0.39 is 31.6 Å². The van der Waals surface area contributed by atoms with Gasteiger partial charge in [0.1, 0.15) is 0 Å². The van der Waals surface area contributed by atoms with Gasteiger partial charge in [-0.1, -0.05) is 0 Å². The molecule has 0 saturated carbocycles. The molecule has 0 saturated heterocycles. The maximum atomic E-state index is 8.64. The minimum absolute atomic E-state index is 0. The molecule has 0 spiro atoms. The molecule has 0 aromatic carbocycles. The summed E-state index contributed by atoms with van der Waals surface area (Å²) in [7, 11) is 0. The summed E-state index contributed by atoms with van der Waals surface area (Å²) in [5.74, 6) is 0. The Bertz CT molecular complexity index is 312. The van der Waals surface area contributed by atoms with Crippen LogP contribution in [0.25, 0.3) is 0 Å². The summed E-state index contributed by atoms with van der Waals surface area (Å²) in [6.07, 6.45) is 0. The van der Waals surface area contributed by atoms with E-state index in [1.54, 1.807) is 0 Å². The van der Waals surface area contributed by atoms with Gasteiger partial charge in [-0.25, -0.2) is 0 Å². The van der Waals surface area contributed by atoms with E-state index in [0.29, 0.717) is 0 Å². The van der Waals surface area contributed by atoms with Gasteiger partial charge in [-0.15, -0.1) is 0 Å². The number of hydrogen-bond donors (Lipinski definition) is 6. The Kier molecular flexibility index (Phi) is 99.0. The minimum atomic E-state index is -6.11. The monoisotopic (exact) mass is 663 g/mol. The average Bonchev–Trinajstić information content (AvgIpc) is 1.12. The number of hydrogen-bond acceptors (Lipinski definition) is 14. The first-order chi connectivity index (χ1) is 4.00. The third-order valence-electron chi connectivity index (χ3n) is 0. The van der Waals surface area contributed by atoms with Crippen LogP contribution in [0.3, 0.4) is 0 Å². The van der Waals surface area contributed by atoms with Crippen molar-refractivity contribution in [3.05, 3.63) is 0 Å². The van der Waals surface area contributed by atoms with Crippen LogP contribution in [-0.4, -0.2) is 0 Å². The van der Waals surface area contributed by atoms with Crippen molar-refractivity contribution in [3.63, 3.8) is 0 Å². The zero-order chi connectivity index (χ0) is 9.00. The summed E-state index contributed by atoms with van der Waals surface area (Å²) in [4.78, 5) is 0. The fraction of sp³-hybridized carbons (Fsp3) is 0. The Labute approximate surface area is 113 Å². The summed E-state index contributed by atoms with van der Waals surface area (Å²) >= 11 is -12.2. The van der Waals surface area contributed by atoms with Gasteiger partial charge in [-0.2, -0.15) is 0 Å². The molecule has 0 rings (SSSR count). The molecule has 0 atom stereocenters. The quantitative estimate of drug-likeness (QED) is 0.162. The normalized spacial score (nSPS) is 6.71. The summed E-state index contributed by atoms with van der Waals surface area (Å²) in [5, 5.41) is 0. The summed E-state index contributed by atoms with van der Waals surface area (Å²) in [5.41, 5.74) is 0. The van der Waals surface area contributed by atoms with Gasteiger partial charge < -0.3 is 36.9 Å². The van der Waals surface area contributed by atoms with Crippen LogP contribution in [0.2, 0.25) is 0 Å². The summed E-state index contributed by atoms with van der Waals surface area (Å²) in [6.45, 7) is 0. The predicted molar refractivity (Wildman–Crippen MR) is 34.3 cm³/mol. The second kappa shape index (κ2) is 25.2. The zero-order valence-corrected chi connectivity index (χ0v) is 15.1. The summed E-state index contributed by atoms with van der Waals surface area (Å²) in [6, 6.07) is 0. The third kappa shape index (κ3) is 34500. The Morgan fingerprint density at radius 2 is 0.471 bits per heavy atom. The third-order valence-corrected chi connectivity index (χ3v) is 0. The van der Waals surface area contributed by atoms with E-state index >= 15 is 0 Å². The van der Waals surface area contributed by atoms with Gasteiger partial charge in [0.25, 0.3) is 0 Å². The maximum absolute atomic E-state index is 8.64. The molecule has 0 aromatic rings. The van der Waals surface area contributed by atoms with Gasteiger partial charge >= 0.3 is 76.8 Å². The molecule has 14 nitrogen and oxygen atoms in total. The SMILES string of the molecule is N.N.N.N.N.N.[Co+2].[O]=[Re](=[O])(=[O])[O-].[O]=[Re](=[O])(=[O])[O-]. The Hall–Kier alpha value is 0.311. The van der Waals surface area contributed by atoms with E-state index in [1.165, 1.54) is 0 Å². The van der Waals surface area contributed by atoms with Gasteiger partial charge in [0.2, 0.25) is 0 Å². The van der Waals surface area contributed by atoms with Gasteiger partial charge in [-0.05, 0) is 0 Å². The van der Waals surface area contributed by atoms with Crippen LogP contribution >= 0.6 is 0 Å². The van der Waals surface area contributed by atoms with Crippen molar-refractivity contribution >= 4 is 0 Å². The van der Waals surface area contributed by atoms with Crippen LogP contribution < -0.4 is 44.6 Å². The molecule has 0 fully saturated rings. The van der Waals surface area contributed by atoms with Crippen LogP contribution in [-0.2, 0) is 69.2 Å². The zero-order valence-electron chi connectivity index (χ0n) is 8.60. The second-order valence-corrected chi connectivity index (χ2v) is 6.19. The molecule has 0 aliphatic rings. The van der Waals surface area contributed by atoms with Crippen LogP contribution in [0.5, 0.6) is 0 Å². The van der Waals surface area contributed by atoms with Crippen LogP contribution in [0, 0.1) is 0 Å². The molecule has 0 aliphatic heterocycles. The fourth-order valence-corrected chi connectivity index (χ4v) is 0. The molecule has 17 heavy (non-hydrogen) atoms. The predicted octanol–water partition coefficient (Wildman–Crippen LogP) is -2.13. The average molecular weight is 662 g/mol. The van der Waals surface area contributed by atoms with Crippen molar-refractivity contribution in [1.29, 1.82) is 0 Å². The Morgan fingerprint density at radius 3 is 0.471 bits per heavy atom. The molecule has 0 aromatic heterocycles. The van der Waals surface area contributed by atoms with E-state index in [1.807, 2.05) is 0 Å². The van der Waals surface area contributed by atoms with Crippen molar-refractivity contribution in [2.75, 3.05) is 0 Å². The Balaban J connectivity index is -0.00000000762. The molecule has 17 heteroatoms. The molecule has 119 valence electrons. The van der Waals surface area contributed by atoms with Crippen LogP contribution in [0.1, 0.15) is 0 Å². The molecular weight excluding hydrogens is 643 g/mol. The van der Waals surface area contributed by atoms with E-state index in [-0.39, 0.29) is 53.7 Å². The van der Waals surface area contributed by atoms with Gasteiger partial charge in [-0.3, -0.25) is 0 Å². The first-order valence-corrected chi connectivity index (χ1v) is 10.1. The summed E-state index contributed by atoms with van der Waals surface area (Å²) < 4.78 is 69.1. The van der Waals surface area contributed by atoms with E-state index in [9.17, 15) is 0 Å². The van der Waals surface area contributed by atoms with Crippen molar-refractivity contribution < 1.29 is 76.8 Å². The number of rotatable bonds is 0. The molecule has 1 radical (unpaired) electrons. The molecule has 0 bridgehead atoms. The van der Waals surface area contributed by atoms with E-state index in [0.717, 1.165) is 0 Å². The van der Waals surface area contributed by atoms with Crippen LogP contribution in [0.4, 0.5) is 0 Å². The standard InChI is InChI=1S/Co.6H3N.8O.2Re/h;6*1H3;;;;;;;;;;/q+2;;;;;;;;;;;;;2*-1;;. The van der Waals surface area contributed by atoms with Crippen molar-refractivity contribution in [2.24, 2.45) is 0 Å². The molecule has 0 heterocycles. The first-order valence-electron chi connectivity index (χ1n) is 1.23. The second-order valence-electron chi connectivity index (χ2n) is 0.756. The molecular formula is H18CoN6O8Re2. The molecule has 0 amide bonds. The molecule has 18 N–H and O–H groups in total. The topological polar surface area (TPSA) is 359 Å². The van der Waals surface area contributed by atoms with E-state index in [2.05, 4.69) is 0 Å². The van der Waals surface area contributed by atoms with Gasteiger partial charge in [0.15, 0.2) is 0 Å².